The number of ether oxygens (including phenoxy) is 1. The molecule has 0 unspecified atom stereocenters. The predicted molar refractivity (Wildman–Crippen MR) is 87.1 cm³/mol. The summed E-state index contributed by atoms with van der Waals surface area (Å²) >= 11 is 3.03. The summed E-state index contributed by atoms with van der Waals surface area (Å²) in [6, 6.07) is 0. The molecular formula is C14H22N2O2S2. The third kappa shape index (κ3) is 3.06. The van der Waals surface area contributed by atoms with Crippen molar-refractivity contribution in [1.29, 1.82) is 0 Å². The van der Waals surface area contributed by atoms with Gasteiger partial charge >= 0.3 is 5.97 Å². The van der Waals surface area contributed by atoms with Crippen LogP contribution in [0.5, 0.6) is 0 Å². The van der Waals surface area contributed by atoms with Gasteiger partial charge in [0.2, 0.25) is 0 Å². The Labute approximate surface area is 128 Å². The molecule has 2 rings (SSSR count). The highest BCUT2D eigenvalue weighted by Crippen LogP contribution is 2.44. The third-order valence-electron chi connectivity index (χ3n) is 3.81. The third-order valence-corrected chi connectivity index (χ3v) is 6.06. The number of thiophene rings is 1. The maximum atomic E-state index is 11.8. The zero-order valence-corrected chi connectivity index (χ0v) is 13.9. The van der Waals surface area contributed by atoms with Gasteiger partial charge in [0.1, 0.15) is 9.88 Å². The van der Waals surface area contributed by atoms with E-state index in [1.165, 1.54) is 44.1 Å². The van der Waals surface area contributed by atoms with E-state index in [4.69, 9.17) is 10.5 Å². The molecule has 0 amide bonds. The summed E-state index contributed by atoms with van der Waals surface area (Å²) in [5, 5.41) is 1.09. The van der Waals surface area contributed by atoms with E-state index in [1.54, 1.807) is 11.8 Å². The molecule has 2 N–H and O–H groups in total. The molecule has 4 nitrogen and oxygen atoms in total. The molecule has 0 aromatic carbocycles. The fourth-order valence-electron chi connectivity index (χ4n) is 2.77. The maximum Gasteiger partial charge on any atom is 0.350 e. The van der Waals surface area contributed by atoms with Crippen LogP contribution in [0, 0.1) is 5.92 Å². The van der Waals surface area contributed by atoms with Crippen LogP contribution in [0.25, 0.3) is 0 Å². The van der Waals surface area contributed by atoms with Gasteiger partial charge in [-0.3, -0.25) is 0 Å². The summed E-state index contributed by atoms with van der Waals surface area (Å²) in [6.45, 7) is 1.04. The Balaban J connectivity index is 2.22. The van der Waals surface area contributed by atoms with E-state index in [9.17, 15) is 4.79 Å². The van der Waals surface area contributed by atoms with Gasteiger partial charge in [-0.2, -0.15) is 0 Å². The Hall–Kier alpha value is -0.880. The Morgan fingerprint density at radius 2 is 2.15 bits per heavy atom. The van der Waals surface area contributed by atoms with Crippen molar-refractivity contribution in [3.05, 3.63) is 4.88 Å². The first-order valence-corrected chi connectivity index (χ1v) is 8.88. The lowest BCUT2D eigenvalue weighted by molar-refractivity contribution is 0.0607. The van der Waals surface area contributed by atoms with Crippen molar-refractivity contribution in [3.8, 4) is 0 Å². The molecule has 6 heteroatoms. The lowest BCUT2D eigenvalue weighted by Gasteiger charge is -2.22. The summed E-state index contributed by atoms with van der Waals surface area (Å²) in [6.07, 6.45) is 7.29. The van der Waals surface area contributed by atoms with Crippen molar-refractivity contribution in [2.45, 2.75) is 30.6 Å². The molecule has 1 fully saturated rings. The van der Waals surface area contributed by atoms with Crippen LogP contribution in [0.2, 0.25) is 0 Å². The minimum Gasteiger partial charge on any atom is -0.465 e. The van der Waals surface area contributed by atoms with Gasteiger partial charge in [0, 0.05) is 13.6 Å². The second kappa shape index (κ2) is 6.72. The van der Waals surface area contributed by atoms with Crippen molar-refractivity contribution in [2.75, 3.05) is 37.6 Å². The number of carbonyl (C=O) groups excluding carboxylic acids is 1. The summed E-state index contributed by atoms with van der Waals surface area (Å²) in [7, 11) is 3.48. The fourth-order valence-corrected chi connectivity index (χ4v) is 4.87. The molecule has 0 spiro atoms. The van der Waals surface area contributed by atoms with E-state index < -0.39 is 0 Å². The van der Waals surface area contributed by atoms with Gasteiger partial charge in [0.25, 0.3) is 0 Å². The summed E-state index contributed by atoms with van der Waals surface area (Å²) in [5.41, 5.74) is 6.66. The Morgan fingerprint density at radius 1 is 1.50 bits per heavy atom. The van der Waals surface area contributed by atoms with Gasteiger partial charge in [-0.05, 0) is 25.0 Å². The first kappa shape index (κ1) is 15.5. The highest BCUT2D eigenvalue weighted by atomic mass is 32.2. The van der Waals surface area contributed by atoms with Gasteiger partial charge in [0.05, 0.1) is 17.7 Å². The molecule has 1 aromatic rings. The minimum absolute atomic E-state index is 0.344. The number of hydrogen-bond acceptors (Lipinski definition) is 6. The van der Waals surface area contributed by atoms with Crippen molar-refractivity contribution < 1.29 is 9.53 Å². The predicted octanol–water partition coefficient (Wildman–Crippen LogP) is 3.47. The van der Waals surface area contributed by atoms with Crippen molar-refractivity contribution in [3.63, 3.8) is 0 Å². The number of esters is 1. The summed E-state index contributed by atoms with van der Waals surface area (Å²) in [5.74, 6) is 0.419. The van der Waals surface area contributed by atoms with E-state index in [2.05, 4.69) is 11.9 Å². The first-order chi connectivity index (χ1) is 9.58. The standard InChI is InChI=1S/C14H22N2O2S2/c1-16(8-9-6-4-5-7-9)13-11(19-3)10(15)12(20-13)14(17)18-2/h9H,4-8,15H2,1-3H3. The van der Waals surface area contributed by atoms with Crippen LogP contribution in [-0.4, -0.2) is 32.9 Å². The Kier molecular flexibility index (Phi) is 5.21. The fraction of sp³-hybridized carbons (Fsp3) is 0.643. The van der Waals surface area contributed by atoms with Crippen LogP contribution in [0.15, 0.2) is 4.90 Å². The number of nitrogen functional groups attached to an aromatic ring is 1. The number of nitrogens with two attached hydrogens (primary N) is 1. The number of thioether (sulfide) groups is 1. The molecule has 0 saturated heterocycles. The van der Waals surface area contributed by atoms with Crippen LogP contribution < -0.4 is 10.6 Å². The second-order valence-electron chi connectivity index (χ2n) is 5.21. The minimum atomic E-state index is -0.344. The molecule has 0 atom stereocenters. The highest BCUT2D eigenvalue weighted by Gasteiger charge is 2.25. The lowest BCUT2D eigenvalue weighted by atomic mass is 10.1. The van der Waals surface area contributed by atoms with Gasteiger partial charge in [-0.15, -0.1) is 23.1 Å². The molecule has 0 radical (unpaired) electrons. The largest absolute Gasteiger partial charge is 0.465 e. The van der Waals surface area contributed by atoms with Crippen LogP contribution >= 0.6 is 23.1 Å². The molecule has 1 saturated carbocycles. The van der Waals surface area contributed by atoms with E-state index in [1.807, 2.05) is 6.26 Å². The normalized spacial score (nSPS) is 15.6. The quantitative estimate of drug-likeness (QED) is 0.666. The average Bonchev–Trinajstić information content (AvgIpc) is 3.05. The summed E-state index contributed by atoms with van der Waals surface area (Å²) in [4.78, 5) is 15.5. The zero-order chi connectivity index (χ0) is 14.7. The average molecular weight is 314 g/mol. The monoisotopic (exact) mass is 314 g/mol. The maximum absolute atomic E-state index is 11.8. The number of rotatable bonds is 5. The number of anilines is 2. The highest BCUT2D eigenvalue weighted by molar-refractivity contribution is 7.99. The molecular weight excluding hydrogens is 292 g/mol. The molecule has 1 aromatic heterocycles. The smallest absolute Gasteiger partial charge is 0.350 e. The topological polar surface area (TPSA) is 55.6 Å². The molecule has 1 heterocycles. The zero-order valence-electron chi connectivity index (χ0n) is 12.3. The summed E-state index contributed by atoms with van der Waals surface area (Å²) < 4.78 is 4.81. The van der Waals surface area contributed by atoms with E-state index in [0.29, 0.717) is 10.6 Å². The van der Waals surface area contributed by atoms with E-state index in [-0.39, 0.29) is 5.97 Å². The van der Waals surface area contributed by atoms with Gasteiger partial charge in [0.15, 0.2) is 0 Å². The molecule has 112 valence electrons. The Bertz CT molecular complexity index is 482. The number of carbonyl (C=O) groups is 1. The van der Waals surface area contributed by atoms with Crippen molar-refractivity contribution >= 4 is 39.8 Å². The van der Waals surface area contributed by atoms with Crippen molar-refractivity contribution in [1.82, 2.24) is 0 Å². The lowest BCUT2D eigenvalue weighted by Crippen LogP contribution is -2.23. The van der Waals surface area contributed by atoms with E-state index in [0.717, 1.165) is 22.4 Å². The SMILES string of the molecule is COC(=O)c1sc(N(C)CC2CCCC2)c(SC)c1N. The van der Waals surface area contributed by atoms with Crippen LogP contribution in [-0.2, 0) is 4.74 Å². The molecule has 0 bridgehead atoms. The first-order valence-electron chi connectivity index (χ1n) is 6.84. The van der Waals surface area contributed by atoms with Crippen LogP contribution in [0.4, 0.5) is 10.7 Å². The number of nitrogens with zero attached hydrogens (tertiary/aromatic N) is 1. The number of hydrogen-bond donors (Lipinski definition) is 1. The molecule has 0 aliphatic heterocycles. The molecule has 1 aliphatic rings. The Morgan fingerprint density at radius 3 is 2.70 bits per heavy atom. The van der Waals surface area contributed by atoms with Crippen molar-refractivity contribution in [2.24, 2.45) is 5.92 Å². The second-order valence-corrected chi connectivity index (χ2v) is 7.02. The van der Waals surface area contributed by atoms with E-state index >= 15 is 0 Å². The molecule has 1 aliphatic carbocycles. The van der Waals surface area contributed by atoms with Crippen LogP contribution in [0.3, 0.4) is 0 Å². The van der Waals surface area contributed by atoms with Gasteiger partial charge < -0.3 is 15.4 Å². The van der Waals surface area contributed by atoms with Gasteiger partial charge in [-0.1, -0.05) is 12.8 Å². The van der Waals surface area contributed by atoms with Crippen LogP contribution in [0.1, 0.15) is 35.4 Å². The molecule has 20 heavy (non-hydrogen) atoms. The van der Waals surface area contributed by atoms with Gasteiger partial charge in [-0.25, -0.2) is 4.79 Å². The number of methoxy groups -OCH3 is 1.